The first-order chi connectivity index (χ1) is 11.0. The quantitative estimate of drug-likeness (QED) is 0.679. The lowest BCUT2D eigenvalue weighted by molar-refractivity contribution is 0.414. The molecular weight excluding hydrogens is 296 g/mol. The smallest absolute Gasteiger partial charge is 0.350 e. The molecule has 2 heterocycles. The molecule has 0 bridgehead atoms. The van der Waals surface area contributed by atoms with Crippen molar-refractivity contribution in [3.63, 3.8) is 0 Å². The van der Waals surface area contributed by atoms with Crippen LogP contribution < -0.4 is 16.0 Å². The van der Waals surface area contributed by atoms with E-state index in [9.17, 15) is 9.59 Å². The van der Waals surface area contributed by atoms with E-state index in [1.807, 2.05) is 0 Å². The molecule has 3 rings (SSSR count). The summed E-state index contributed by atoms with van der Waals surface area (Å²) in [6.45, 7) is 5.84. The highest BCUT2D eigenvalue weighted by Crippen LogP contribution is 2.14. The number of methoxy groups -OCH3 is 1. The highest BCUT2D eigenvalue weighted by atomic mass is 16.5. The molecule has 2 aromatic heterocycles. The molecule has 0 atom stereocenters. The Bertz CT molecular complexity index is 1010. The van der Waals surface area contributed by atoms with Gasteiger partial charge in [0.05, 0.1) is 19.3 Å². The number of fused-ring (bicyclic) bond motifs is 1. The van der Waals surface area contributed by atoms with Crippen LogP contribution in [0.3, 0.4) is 0 Å². The fourth-order valence-corrected chi connectivity index (χ4v) is 2.33. The van der Waals surface area contributed by atoms with Gasteiger partial charge >= 0.3 is 11.2 Å². The average molecular weight is 312 g/mol. The average Bonchev–Trinajstić information content (AvgIpc) is 2.85. The summed E-state index contributed by atoms with van der Waals surface area (Å²) in [6.07, 6.45) is 3.07. The van der Waals surface area contributed by atoms with Crippen molar-refractivity contribution in [1.29, 1.82) is 0 Å². The van der Waals surface area contributed by atoms with Gasteiger partial charge in [-0.2, -0.15) is 0 Å². The van der Waals surface area contributed by atoms with Crippen LogP contribution in [0.5, 0.6) is 5.75 Å². The number of hydrogen-bond acceptors (Lipinski definition) is 4. The van der Waals surface area contributed by atoms with Crippen molar-refractivity contribution in [2.75, 3.05) is 7.11 Å². The number of benzene rings is 1. The normalized spacial score (nSPS) is 10.9. The Morgan fingerprint density at radius 1 is 1.30 bits per heavy atom. The Balaban J connectivity index is 2.21. The van der Waals surface area contributed by atoms with Crippen molar-refractivity contribution in [1.82, 2.24) is 18.7 Å². The molecule has 118 valence electrons. The Labute approximate surface area is 131 Å². The maximum absolute atomic E-state index is 12.6. The maximum Gasteiger partial charge on any atom is 0.350 e. The second-order valence-electron chi connectivity index (χ2n) is 5.27. The summed E-state index contributed by atoms with van der Waals surface area (Å²) >= 11 is 0. The number of nitrogens with zero attached hydrogens (tertiary/aromatic N) is 4. The fraction of sp³-hybridized carbons (Fsp3) is 0.188. The lowest BCUT2D eigenvalue weighted by Gasteiger charge is -2.07. The summed E-state index contributed by atoms with van der Waals surface area (Å²) < 4.78 is 9.07. The molecule has 0 aliphatic carbocycles. The Morgan fingerprint density at radius 3 is 2.78 bits per heavy atom. The summed E-state index contributed by atoms with van der Waals surface area (Å²) in [5, 5.41) is 4.12. The molecule has 0 fully saturated rings. The molecule has 7 heteroatoms. The monoisotopic (exact) mass is 312 g/mol. The highest BCUT2D eigenvalue weighted by molar-refractivity contribution is 5.43. The molecule has 0 saturated carbocycles. The molecule has 23 heavy (non-hydrogen) atoms. The van der Waals surface area contributed by atoms with E-state index in [1.165, 1.54) is 26.0 Å². The lowest BCUT2D eigenvalue weighted by atomic mass is 10.3. The molecule has 7 nitrogen and oxygen atoms in total. The predicted octanol–water partition coefficient (Wildman–Crippen LogP) is 1.23. The van der Waals surface area contributed by atoms with E-state index in [0.717, 1.165) is 5.57 Å². The van der Waals surface area contributed by atoms with Crippen LogP contribution in [-0.2, 0) is 6.54 Å². The molecule has 3 aromatic rings. The molecule has 0 radical (unpaired) electrons. The van der Waals surface area contributed by atoms with E-state index in [4.69, 9.17) is 4.74 Å². The Kier molecular flexibility index (Phi) is 3.61. The second kappa shape index (κ2) is 5.60. The summed E-state index contributed by atoms with van der Waals surface area (Å²) in [7, 11) is 1.56. The van der Waals surface area contributed by atoms with Crippen LogP contribution in [0.2, 0.25) is 0 Å². The first-order valence-electron chi connectivity index (χ1n) is 7.01. The maximum atomic E-state index is 12.6. The van der Waals surface area contributed by atoms with Gasteiger partial charge in [0.15, 0.2) is 0 Å². The summed E-state index contributed by atoms with van der Waals surface area (Å²) in [6, 6.07) is 7.10. The number of allylic oxidation sites excluding steroid dienone is 1. The van der Waals surface area contributed by atoms with Crippen LogP contribution in [-0.4, -0.2) is 25.9 Å². The third-order valence-corrected chi connectivity index (χ3v) is 3.40. The van der Waals surface area contributed by atoms with E-state index in [0.29, 0.717) is 11.4 Å². The van der Waals surface area contributed by atoms with Crippen LogP contribution in [0.4, 0.5) is 0 Å². The first-order valence-corrected chi connectivity index (χ1v) is 7.01. The molecule has 0 aliphatic rings. The molecule has 0 aliphatic heterocycles. The van der Waals surface area contributed by atoms with Gasteiger partial charge in [-0.3, -0.25) is 9.36 Å². The van der Waals surface area contributed by atoms with Crippen molar-refractivity contribution < 1.29 is 4.74 Å². The Morgan fingerprint density at radius 2 is 2.09 bits per heavy atom. The van der Waals surface area contributed by atoms with Gasteiger partial charge in [-0.25, -0.2) is 13.9 Å². The molecular formula is C16H16N4O3. The number of ether oxygens (including phenoxy) is 1. The molecule has 0 unspecified atom stereocenters. The molecule has 0 N–H and O–H groups in total. The molecule has 0 saturated heterocycles. The number of rotatable bonds is 4. The van der Waals surface area contributed by atoms with Crippen LogP contribution in [0.1, 0.15) is 6.92 Å². The standard InChI is InChI=1S/C16H16N4O3/c1-11(2)10-20-16(22)19-8-7-18(15(21)14(19)17-20)12-5-4-6-13(9-12)23-3/h4-9H,1,10H2,2-3H3. The van der Waals surface area contributed by atoms with E-state index >= 15 is 0 Å². The van der Waals surface area contributed by atoms with Crippen molar-refractivity contribution in [2.45, 2.75) is 13.5 Å². The van der Waals surface area contributed by atoms with Gasteiger partial charge in [0, 0.05) is 18.5 Å². The van der Waals surface area contributed by atoms with Crippen LogP contribution >= 0.6 is 0 Å². The topological polar surface area (TPSA) is 70.5 Å². The Hall–Kier alpha value is -3.09. The highest BCUT2D eigenvalue weighted by Gasteiger charge is 2.12. The zero-order chi connectivity index (χ0) is 16.6. The minimum Gasteiger partial charge on any atom is -0.497 e. The molecule has 0 amide bonds. The second-order valence-corrected chi connectivity index (χ2v) is 5.27. The largest absolute Gasteiger partial charge is 0.497 e. The van der Waals surface area contributed by atoms with Crippen LogP contribution in [0.25, 0.3) is 11.3 Å². The number of aromatic nitrogens is 4. The van der Waals surface area contributed by atoms with Crippen molar-refractivity contribution in [3.05, 3.63) is 69.6 Å². The van der Waals surface area contributed by atoms with Crippen LogP contribution in [0.15, 0.2) is 58.4 Å². The summed E-state index contributed by atoms with van der Waals surface area (Å²) in [5.74, 6) is 0.638. The van der Waals surface area contributed by atoms with E-state index < -0.39 is 0 Å². The minimum absolute atomic E-state index is 0.0709. The molecule has 1 aromatic carbocycles. The van der Waals surface area contributed by atoms with E-state index in [2.05, 4.69) is 11.7 Å². The van der Waals surface area contributed by atoms with E-state index in [-0.39, 0.29) is 23.4 Å². The van der Waals surface area contributed by atoms with E-state index in [1.54, 1.807) is 38.3 Å². The van der Waals surface area contributed by atoms with Crippen molar-refractivity contribution in [3.8, 4) is 11.4 Å². The molecule has 0 spiro atoms. The minimum atomic E-state index is -0.377. The SMILES string of the molecule is C=C(C)Cn1nc2c(=O)n(-c3cccc(OC)c3)ccn2c1=O. The van der Waals surface area contributed by atoms with Crippen molar-refractivity contribution in [2.24, 2.45) is 0 Å². The van der Waals surface area contributed by atoms with Gasteiger partial charge in [-0.15, -0.1) is 5.10 Å². The lowest BCUT2D eigenvalue weighted by Crippen LogP contribution is -2.24. The summed E-state index contributed by atoms with van der Waals surface area (Å²) in [4.78, 5) is 24.9. The van der Waals surface area contributed by atoms with Gasteiger partial charge in [0.2, 0.25) is 5.65 Å². The predicted molar refractivity (Wildman–Crippen MR) is 86.4 cm³/mol. The van der Waals surface area contributed by atoms with Gasteiger partial charge in [0.25, 0.3) is 0 Å². The van der Waals surface area contributed by atoms with Gasteiger partial charge < -0.3 is 4.74 Å². The summed E-state index contributed by atoms with van der Waals surface area (Å²) in [5.41, 5.74) is 0.750. The number of hydrogen-bond donors (Lipinski definition) is 0. The third kappa shape index (κ3) is 2.57. The van der Waals surface area contributed by atoms with Crippen molar-refractivity contribution >= 4 is 5.65 Å². The fourth-order valence-electron chi connectivity index (χ4n) is 2.33. The van der Waals surface area contributed by atoms with Gasteiger partial charge in [-0.1, -0.05) is 18.2 Å². The first kappa shape index (κ1) is 14.8. The zero-order valence-corrected chi connectivity index (χ0v) is 12.9. The van der Waals surface area contributed by atoms with Gasteiger partial charge in [-0.05, 0) is 19.1 Å². The third-order valence-electron chi connectivity index (χ3n) is 3.40. The van der Waals surface area contributed by atoms with Gasteiger partial charge in [0.1, 0.15) is 5.75 Å². The zero-order valence-electron chi connectivity index (χ0n) is 12.9. The van der Waals surface area contributed by atoms with Crippen LogP contribution in [0, 0.1) is 0 Å².